The minimum Gasteiger partial charge on any atom is -0.348 e. The van der Waals surface area contributed by atoms with Gasteiger partial charge in [-0.05, 0) is 12.1 Å². The maximum atomic E-state index is 6.19. The summed E-state index contributed by atoms with van der Waals surface area (Å²) in [6.45, 7) is 0. The van der Waals surface area contributed by atoms with Crippen molar-refractivity contribution in [1.29, 1.82) is 0 Å². The Kier molecular flexibility index (Phi) is 2.56. The predicted octanol–water partition coefficient (Wildman–Crippen LogP) is 0.934. The van der Waals surface area contributed by atoms with E-state index in [-0.39, 0.29) is 6.04 Å². The number of aryl methyl sites for hydroxylation is 1. The third-order valence-electron chi connectivity index (χ3n) is 3.02. The molecule has 0 amide bonds. The van der Waals surface area contributed by atoms with Gasteiger partial charge in [0.1, 0.15) is 5.82 Å². The summed E-state index contributed by atoms with van der Waals surface area (Å²) in [5.41, 5.74) is 8.92. The number of H-pyrrole nitrogens is 1. The van der Waals surface area contributed by atoms with Gasteiger partial charge in [-0.15, -0.1) is 0 Å². The molecule has 3 aromatic heterocycles. The van der Waals surface area contributed by atoms with Crippen LogP contribution in [-0.4, -0.2) is 24.5 Å². The first-order chi connectivity index (χ1) is 8.75. The van der Waals surface area contributed by atoms with E-state index >= 15 is 0 Å². The Bertz CT molecular complexity index is 654. The highest BCUT2D eigenvalue weighted by Gasteiger charge is 2.16. The van der Waals surface area contributed by atoms with Crippen LogP contribution in [0.5, 0.6) is 0 Å². The lowest BCUT2D eigenvalue weighted by Crippen LogP contribution is -2.18. The molecule has 0 aromatic carbocycles. The van der Waals surface area contributed by atoms with Gasteiger partial charge >= 0.3 is 0 Å². The first kappa shape index (κ1) is 10.9. The quantitative estimate of drug-likeness (QED) is 0.715. The summed E-state index contributed by atoms with van der Waals surface area (Å²) >= 11 is 0. The van der Waals surface area contributed by atoms with E-state index in [2.05, 4.69) is 19.9 Å². The highest BCUT2D eigenvalue weighted by atomic mass is 15.1. The summed E-state index contributed by atoms with van der Waals surface area (Å²) in [5.74, 6) is 0.832. The summed E-state index contributed by atoms with van der Waals surface area (Å²) in [7, 11) is 1.96. The molecule has 3 heterocycles. The minimum atomic E-state index is -0.176. The fourth-order valence-electron chi connectivity index (χ4n) is 2.10. The lowest BCUT2D eigenvalue weighted by Gasteiger charge is -2.10. The standard InChI is InChI=1S/C12H14N6/c1-18-10-3-2-4-15-11(10)17-12(18)9(13)5-8-6-14-7-16-8/h2-4,6-7,9H,5,13H2,1H3,(H,14,16). The topological polar surface area (TPSA) is 85.4 Å². The van der Waals surface area contributed by atoms with Crippen molar-refractivity contribution >= 4 is 11.2 Å². The number of hydrogen-bond donors (Lipinski definition) is 2. The largest absolute Gasteiger partial charge is 0.348 e. The summed E-state index contributed by atoms with van der Waals surface area (Å²) in [4.78, 5) is 15.8. The van der Waals surface area contributed by atoms with Crippen molar-refractivity contribution in [2.45, 2.75) is 12.5 Å². The summed E-state index contributed by atoms with van der Waals surface area (Å²) in [6, 6.07) is 3.71. The summed E-state index contributed by atoms with van der Waals surface area (Å²) in [6.07, 6.45) is 5.84. The van der Waals surface area contributed by atoms with Crippen molar-refractivity contribution in [2.24, 2.45) is 12.8 Å². The van der Waals surface area contributed by atoms with E-state index in [0.29, 0.717) is 6.42 Å². The van der Waals surface area contributed by atoms with Gasteiger partial charge in [0.2, 0.25) is 0 Å². The average molecular weight is 242 g/mol. The summed E-state index contributed by atoms with van der Waals surface area (Å²) < 4.78 is 1.99. The third kappa shape index (κ3) is 1.76. The number of aromatic amines is 1. The minimum absolute atomic E-state index is 0.176. The molecule has 0 spiro atoms. The molecule has 0 aliphatic carbocycles. The molecule has 1 unspecified atom stereocenters. The molecule has 0 saturated heterocycles. The predicted molar refractivity (Wildman–Crippen MR) is 67.7 cm³/mol. The lowest BCUT2D eigenvalue weighted by molar-refractivity contribution is 0.631. The molecular weight excluding hydrogens is 228 g/mol. The molecule has 3 rings (SSSR count). The zero-order valence-corrected chi connectivity index (χ0v) is 10.0. The Labute approximate surface area is 104 Å². The van der Waals surface area contributed by atoms with Gasteiger partial charge in [-0.25, -0.2) is 15.0 Å². The van der Waals surface area contributed by atoms with E-state index in [4.69, 9.17) is 5.73 Å². The Morgan fingerprint density at radius 2 is 2.39 bits per heavy atom. The zero-order valence-electron chi connectivity index (χ0n) is 10.0. The number of hydrogen-bond acceptors (Lipinski definition) is 4. The molecule has 0 fully saturated rings. The molecule has 0 bridgehead atoms. The third-order valence-corrected chi connectivity index (χ3v) is 3.02. The van der Waals surface area contributed by atoms with Crippen molar-refractivity contribution in [3.63, 3.8) is 0 Å². The molecule has 0 saturated carbocycles. The zero-order chi connectivity index (χ0) is 12.5. The van der Waals surface area contributed by atoms with Crippen molar-refractivity contribution < 1.29 is 0 Å². The molecule has 3 aromatic rings. The van der Waals surface area contributed by atoms with Gasteiger partial charge in [0.05, 0.1) is 17.9 Å². The van der Waals surface area contributed by atoms with Crippen molar-refractivity contribution in [3.8, 4) is 0 Å². The van der Waals surface area contributed by atoms with Gasteiger partial charge in [-0.1, -0.05) is 0 Å². The molecule has 92 valence electrons. The monoisotopic (exact) mass is 242 g/mol. The second kappa shape index (κ2) is 4.23. The molecular formula is C12H14N6. The van der Waals surface area contributed by atoms with E-state index in [1.54, 1.807) is 18.7 Å². The SMILES string of the molecule is Cn1c(C(N)Cc2cnc[nH]2)nc2ncccc21. The number of fused-ring (bicyclic) bond motifs is 1. The van der Waals surface area contributed by atoms with Crippen molar-refractivity contribution in [3.05, 3.63) is 42.4 Å². The number of nitrogens with zero attached hydrogens (tertiary/aromatic N) is 4. The smallest absolute Gasteiger partial charge is 0.177 e. The Morgan fingerprint density at radius 1 is 1.50 bits per heavy atom. The fourth-order valence-corrected chi connectivity index (χ4v) is 2.10. The van der Waals surface area contributed by atoms with E-state index in [1.807, 2.05) is 23.7 Å². The highest BCUT2D eigenvalue weighted by molar-refractivity contribution is 5.71. The molecule has 6 nitrogen and oxygen atoms in total. The van der Waals surface area contributed by atoms with Crippen LogP contribution in [0.25, 0.3) is 11.2 Å². The highest BCUT2D eigenvalue weighted by Crippen LogP contribution is 2.18. The molecule has 1 atom stereocenters. The molecule has 0 aliphatic rings. The van der Waals surface area contributed by atoms with E-state index in [9.17, 15) is 0 Å². The maximum absolute atomic E-state index is 6.19. The van der Waals surface area contributed by atoms with Crippen LogP contribution >= 0.6 is 0 Å². The van der Waals surface area contributed by atoms with E-state index in [1.165, 1.54) is 0 Å². The van der Waals surface area contributed by atoms with Gasteiger partial charge < -0.3 is 15.3 Å². The first-order valence-corrected chi connectivity index (χ1v) is 5.76. The Hall–Kier alpha value is -2.21. The Balaban J connectivity index is 1.96. The number of nitrogens with two attached hydrogens (primary N) is 1. The molecule has 6 heteroatoms. The van der Waals surface area contributed by atoms with Crippen LogP contribution in [0, 0.1) is 0 Å². The van der Waals surface area contributed by atoms with Gasteiger partial charge in [0.15, 0.2) is 5.65 Å². The Morgan fingerprint density at radius 3 is 3.11 bits per heavy atom. The van der Waals surface area contributed by atoms with Gasteiger partial charge in [-0.2, -0.15) is 0 Å². The van der Waals surface area contributed by atoms with Crippen molar-refractivity contribution in [2.75, 3.05) is 0 Å². The van der Waals surface area contributed by atoms with Gasteiger partial charge in [0, 0.05) is 31.6 Å². The van der Waals surface area contributed by atoms with Crippen LogP contribution < -0.4 is 5.73 Å². The number of pyridine rings is 1. The van der Waals surface area contributed by atoms with Crippen LogP contribution in [0.15, 0.2) is 30.9 Å². The number of nitrogens with one attached hydrogen (secondary N) is 1. The maximum Gasteiger partial charge on any atom is 0.177 e. The fraction of sp³-hybridized carbons (Fsp3) is 0.250. The molecule has 0 aliphatic heterocycles. The van der Waals surface area contributed by atoms with E-state index < -0.39 is 0 Å². The normalized spacial score (nSPS) is 13.0. The first-order valence-electron chi connectivity index (χ1n) is 5.76. The van der Waals surface area contributed by atoms with Crippen LogP contribution in [0.4, 0.5) is 0 Å². The number of aromatic nitrogens is 5. The molecule has 3 N–H and O–H groups in total. The van der Waals surface area contributed by atoms with Crippen LogP contribution in [0.3, 0.4) is 0 Å². The lowest BCUT2D eigenvalue weighted by atomic mass is 10.1. The average Bonchev–Trinajstić information content (AvgIpc) is 2.98. The van der Waals surface area contributed by atoms with Crippen LogP contribution in [0.1, 0.15) is 17.6 Å². The van der Waals surface area contributed by atoms with Gasteiger partial charge in [-0.3, -0.25) is 0 Å². The van der Waals surface area contributed by atoms with Crippen LogP contribution in [-0.2, 0) is 13.5 Å². The molecule has 0 radical (unpaired) electrons. The van der Waals surface area contributed by atoms with Gasteiger partial charge in [0.25, 0.3) is 0 Å². The van der Waals surface area contributed by atoms with E-state index in [0.717, 1.165) is 22.7 Å². The second-order valence-corrected chi connectivity index (χ2v) is 4.26. The molecule has 18 heavy (non-hydrogen) atoms. The number of rotatable bonds is 3. The second-order valence-electron chi connectivity index (χ2n) is 4.26. The van der Waals surface area contributed by atoms with Crippen molar-refractivity contribution in [1.82, 2.24) is 24.5 Å². The number of imidazole rings is 2. The van der Waals surface area contributed by atoms with Crippen LogP contribution in [0.2, 0.25) is 0 Å². The summed E-state index contributed by atoms with van der Waals surface area (Å²) in [5, 5.41) is 0.